The minimum Gasteiger partial charge on any atom is -0.301 e. The highest BCUT2D eigenvalue weighted by molar-refractivity contribution is 5.23. The molecule has 0 spiro atoms. The Balaban J connectivity index is 3.14. The number of hydrogen-bond donors (Lipinski definition) is 0. The first-order chi connectivity index (χ1) is 4.31. The van der Waals surface area contributed by atoms with Crippen LogP contribution in [-0.4, -0.2) is 13.3 Å². The van der Waals surface area contributed by atoms with Crippen molar-refractivity contribution in [3.05, 3.63) is 12.7 Å². The predicted molar refractivity (Wildman–Crippen MR) is 43.0 cm³/mol. The average molecular weight is 125 g/mol. The van der Waals surface area contributed by atoms with Crippen molar-refractivity contribution >= 4 is 6.72 Å². The Kier molecular flexibility index (Phi) is 5.18. The molecule has 0 amide bonds. The van der Waals surface area contributed by atoms with Crippen molar-refractivity contribution in [2.45, 2.75) is 19.8 Å². The highest BCUT2D eigenvalue weighted by atomic mass is 14.7. The Bertz CT molecular complexity index is 86.6. The zero-order valence-corrected chi connectivity index (χ0v) is 6.14. The van der Waals surface area contributed by atoms with Gasteiger partial charge in [-0.05, 0) is 25.5 Å². The van der Waals surface area contributed by atoms with E-state index in [4.69, 9.17) is 0 Å². The number of aliphatic imine (C=N–C) groups is 1. The van der Waals surface area contributed by atoms with Crippen LogP contribution in [0.5, 0.6) is 0 Å². The van der Waals surface area contributed by atoms with Crippen molar-refractivity contribution in [1.82, 2.24) is 0 Å². The van der Waals surface area contributed by atoms with Crippen molar-refractivity contribution < 1.29 is 0 Å². The van der Waals surface area contributed by atoms with Gasteiger partial charge in [-0.1, -0.05) is 13.0 Å². The molecule has 9 heavy (non-hydrogen) atoms. The van der Waals surface area contributed by atoms with E-state index in [1.807, 2.05) is 6.08 Å². The lowest BCUT2D eigenvalue weighted by atomic mass is 10.0. The normalized spacial score (nSPS) is 12.6. The Morgan fingerprint density at radius 2 is 2.33 bits per heavy atom. The SMILES string of the molecule is C=CCC(C)CCN=C. The van der Waals surface area contributed by atoms with E-state index in [0.29, 0.717) is 5.92 Å². The number of rotatable bonds is 5. The summed E-state index contributed by atoms with van der Waals surface area (Å²) in [5, 5.41) is 0. The second-order valence-corrected chi connectivity index (χ2v) is 2.37. The lowest BCUT2D eigenvalue weighted by Gasteiger charge is -2.03. The van der Waals surface area contributed by atoms with Gasteiger partial charge in [-0.25, -0.2) is 0 Å². The molecule has 0 saturated heterocycles. The van der Waals surface area contributed by atoms with Crippen LogP contribution in [0.25, 0.3) is 0 Å². The van der Waals surface area contributed by atoms with E-state index < -0.39 is 0 Å². The predicted octanol–water partition coefficient (Wildman–Crippen LogP) is 2.29. The summed E-state index contributed by atoms with van der Waals surface area (Å²) in [5.74, 6) is 0.716. The Morgan fingerprint density at radius 1 is 1.67 bits per heavy atom. The molecule has 0 bridgehead atoms. The van der Waals surface area contributed by atoms with Gasteiger partial charge in [0.05, 0.1) is 0 Å². The molecule has 0 radical (unpaired) electrons. The summed E-state index contributed by atoms with van der Waals surface area (Å²) < 4.78 is 0. The first-order valence-electron chi connectivity index (χ1n) is 3.34. The van der Waals surface area contributed by atoms with Crippen LogP contribution in [0.2, 0.25) is 0 Å². The number of hydrogen-bond acceptors (Lipinski definition) is 1. The van der Waals surface area contributed by atoms with Gasteiger partial charge < -0.3 is 4.99 Å². The van der Waals surface area contributed by atoms with Crippen molar-refractivity contribution in [3.8, 4) is 0 Å². The first kappa shape index (κ1) is 8.41. The van der Waals surface area contributed by atoms with Gasteiger partial charge >= 0.3 is 0 Å². The fourth-order valence-electron chi connectivity index (χ4n) is 0.714. The summed E-state index contributed by atoms with van der Waals surface area (Å²) in [6, 6.07) is 0. The smallest absolute Gasteiger partial charge is 0.0384 e. The van der Waals surface area contributed by atoms with E-state index in [-0.39, 0.29) is 0 Å². The second kappa shape index (κ2) is 5.54. The van der Waals surface area contributed by atoms with Crippen molar-refractivity contribution in [2.75, 3.05) is 6.54 Å². The van der Waals surface area contributed by atoms with Crippen molar-refractivity contribution in [2.24, 2.45) is 10.9 Å². The van der Waals surface area contributed by atoms with E-state index in [9.17, 15) is 0 Å². The van der Waals surface area contributed by atoms with E-state index >= 15 is 0 Å². The lowest BCUT2D eigenvalue weighted by molar-refractivity contribution is 0.551. The highest BCUT2D eigenvalue weighted by Crippen LogP contribution is 2.06. The molecule has 0 fully saturated rings. The molecule has 0 aromatic rings. The molecule has 52 valence electrons. The molecule has 1 heteroatoms. The monoisotopic (exact) mass is 125 g/mol. The van der Waals surface area contributed by atoms with Gasteiger partial charge in [0.25, 0.3) is 0 Å². The standard InChI is InChI=1S/C8H15N/c1-4-5-8(2)6-7-9-3/h4,8H,1,3,5-7H2,2H3. The molecule has 0 aliphatic carbocycles. The molecule has 0 N–H and O–H groups in total. The maximum atomic E-state index is 3.77. The van der Waals surface area contributed by atoms with Crippen LogP contribution in [0.3, 0.4) is 0 Å². The number of nitrogens with zero attached hydrogens (tertiary/aromatic N) is 1. The van der Waals surface area contributed by atoms with Crippen LogP contribution in [0, 0.1) is 5.92 Å². The third kappa shape index (κ3) is 5.28. The lowest BCUT2D eigenvalue weighted by Crippen LogP contribution is -1.94. The zero-order chi connectivity index (χ0) is 7.11. The number of allylic oxidation sites excluding steroid dienone is 1. The molecule has 0 aliphatic heterocycles. The summed E-state index contributed by atoms with van der Waals surface area (Å²) in [5.41, 5.74) is 0. The highest BCUT2D eigenvalue weighted by Gasteiger charge is 1.95. The topological polar surface area (TPSA) is 12.4 Å². The van der Waals surface area contributed by atoms with E-state index in [1.54, 1.807) is 0 Å². The van der Waals surface area contributed by atoms with Gasteiger partial charge in [0, 0.05) is 6.54 Å². The van der Waals surface area contributed by atoms with Gasteiger partial charge in [0.2, 0.25) is 0 Å². The molecule has 0 aromatic carbocycles. The summed E-state index contributed by atoms with van der Waals surface area (Å²) in [7, 11) is 0. The van der Waals surface area contributed by atoms with Gasteiger partial charge in [0.15, 0.2) is 0 Å². The second-order valence-electron chi connectivity index (χ2n) is 2.37. The van der Waals surface area contributed by atoms with Crippen LogP contribution < -0.4 is 0 Å². The summed E-state index contributed by atoms with van der Waals surface area (Å²) >= 11 is 0. The van der Waals surface area contributed by atoms with Crippen LogP contribution in [-0.2, 0) is 0 Å². The van der Waals surface area contributed by atoms with Gasteiger partial charge in [0.1, 0.15) is 0 Å². The van der Waals surface area contributed by atoms with Gasteiger partial charge in [-0.2, -0.15) is 0 Å². The molecular weight excluding hydrogens is 110 g/mol. The van der Waals surface area contributed by atoms with Gasteiger partial charge in [-0.3, -0.25) is 0 Å². The van der Waals surface area contributed by atoms with Crippen LogP contribution >= 0.6 is 0 Å². The van der Waals surface area contributed by atoms with E-state index in [0.717, 1.165) is 19.4 Å². The maximum Gasteiger partial charge on any atom is 0.0384 e. The van der Waals surface area contributed by atoms with Crippen LogP contribution in [0.4, 0.5) is 0 Å². The maximum absolute atomic E-state index is 3.77. The fourth-order valence-corrected chi connectivity index (χ4v) is 0.714. The molecule has 0 heterocycles. The minimum atomic E-state index is 0.716. The zero-order valence-electron chi connectivity index (χ0n) is 6.14. The quantitative estimate of drug-likeness (QED) is 0.395. The molecule has 1 nitrogen and oxygen atoms in total. The van der Waals surface area contributed by atoms with Crippen LogP contribution in [0.15, 0.2) is 17.6 Å². The fraction of sp³-hybridized carbons (Fsp3) is 0.625. The van der Waals surface area contributed by atoms with E-state index in [2.05, 4.69) is 25.2 Å². The molecule has 0 aromatic heterocycles. The molecule has 0 saturated carbocycles. The largest absolute Gasteiger partial charge is 0.301 e. The average Bonchev–Trinajstić information content (AvgIpc) is 1.85. The molecule has 1 atom stereocenters. The van der Waals surface area contributed by atoms with E-state index in [1.165, 1.54) is 0 Å². The van der Waals surface area contributed by atoms with Crippen LogP contribution in [0.1, 0.15) is 19.8 Å². The summed E-state index contributed by atoms with van der Waals surface area (Å²) in [4.78, 5) is 3.77. The first-order valence-corrected chi connectivity index (χ1v) is 3.34. The summed E-state index contributed by atoms with van der Waals surface area (Å²) in [6.07, 6.45) is 4.18. The molecule has 1 unspecified atom stereocenters. The van der Waals surface area contributed by atoms with Crippen molar-refractivity contribution in [1.29, 1.82) is 0 Å². The Morgan fingerprint density at radius 3 is 2.78 bits per heavy atom. The Labute approximate surface area is 57.5 Å². The summed E-state index contributed by atoms with van der Waals surface area (Å²) in [6.45, 7) is 10.2. The van der Waals surface area contributed by atoms with Gasteiger partial charge in [-0.15, -0.1) is 6.58 Å². The minimum absolute atomic E-state index is 0.716. The third-order valence-corrected chi connectivity index (χ3v) is 1.35. The molecule has 0 aliphatic rings. The third-order valence-electron chi connectivity index (χ3n) is 1.35. The van der Waals surface area contributed by atoms with Crippen molar-refractivity contribution in [3.63, 3.8) is 0 Å². The Hall–Kier alpha value is -0.590. The molecule has 0 rings (SSSR count). The molecular formula is C8H15N.